The maximum absolute atomic E-state index is 12.3. The van der Waals surface area contributed by atoms with Crippen molar-refractivity contribution < 1.29 is 19.4 Å². The molecule has 1 saturated carbocycles. The van der Waals surface area contributed by atoms with Crippen LogP contribution < -0.4 is 5.32 Å². The Bertz CT molecular complexity index is 515. The zero-order valence-corrected chi connectivity index (χ0v) is 12.2. The number of methoxy groups -OCH3 is 1. The highest BCUT2D eigenvalue weighted by molar-refractivity contribution is 5.96. The van der Waals surface area contributed by atoms with Gasteiger partial charge in [-0.1, -0.05) is 24.6 Å². The number of para-hydroxylation sites is 1. The van der Waals surface area contributed by atoms with Gasteiger partial charge in [-0.05, 0) is 30.9 Å². The molecule has 1 aliphatic carbocycles. The van der Waals surface area contributed by atoms with Crippen LogP contribution in [-0.4, -0.2) is 30.7 Å². The van der Waals surface area contributed by atoms with E-state index in [0.29, 0.717) is 25.9 Å². The van der Waals surface area contributed by atoms with E-state index in [4.69, 9.17) is 4.74 Å². The Kier molecular flexibility index (Phi) is 5.33. The van der Waals surface area contributed by atoms with Gasteiger partial charge in [-0.3, -0.25) is 9.59 Å². The first-order valence-corrected chi connectivity index (χ1v) is 7.24. The second-order valence-corrected chi connectivity index (χ2v) is 5.37. The number of hydrogen-bond donors (Lipinski definition) is 2. The molecule has 21 heavy (non-hydrogen) atoms. The third kappa shape index (κ3) is 3.82. The van der Waals surface area contributed by atoms with Crippen LogP contribution in [0.1, 0.15) is 24.8 Å². The van der Waals surface area contributed by atoms with E-state index in [1.165, 1.54) is 0 Å². The van der Waals surface area contributed by atoms with E-state index in [-0.39, 0.29) is 5.91 Å². The quantitative estimate of drug-likeness (QED) is 0.843. The molecule has 0 saturated heterocycles. The van der Waals surface area contributed by atoms with Crippen LogP contribution in [0.15, 0.2) is 24.3 Å². The third-order valence-electron chi connectivity index (χ3n) is 4.02. The Hall–Kier alpha value is -1.88. The molecule has 1 aromatic carbocycles. The van der Waals surface area contributed by atoms with Crippen LogP contribution in [0, 0.1) is 11.8 Å². The molecule has 1 aromatic rings. The molecule has 0 radical (unpaired) electrons. The molecule has 114 valence electrons. The Morgan fingerprint density at radius 2 is 2.00 bits per heavy atom. The molecule has 5 nitrogen and oxygen atoms in total. The van der Waals surface area contributed by atoms with E-state index in [9.17, 15) is 14.7 Å². The van der Waals surface area contributed by atoms with E-state index in [0.717, 1.165) is 17.7 Å². The third-order valence-corrected chi connectivity index (χ3v) is 4.02. The van der Waals surface area contributed by atoms with Crippen molar-refractivity contribution >= 4 is 17.6 Å². The van der Waals surface area contributed by atoms with Crippen molar-refractivity contribution in [3.8, 4) is 0 Å². The van der Waals surface area contributed by atoms with Gasteiger partial charge in [0.2, 0.25) is 5.91 Å². The fourth-order valence-corrected chi connectivity index (χ4v) is 2.87. The number of carbonyl (C=O) groups excluding carboxylic acids is 1. The maximum atomic E-state index is 12.3. The lowest BCUT2D eigenvalue weighted by Crippen LogP contribution is -2.30. The minimum absolute atomic E-state index is 0.190. The number of carboxylic acids is 1. The number of anilines is 1. The fraction of sp³-hybridized carbons (Fsp3) is 0.500. The Morgan fingerprint density at radius 3 is 2.71 bits per heavy atom. The van der Waals surface area contributed by atoms with Crippen molar-refractivity contribution in [1.82, 2.24) is 0 Å². The predicted octanol–water partition coefficient (Wildman–Crippen LogP) is 2.31. The second-order valence-electron chi connectivity index (χ2n) is 5.37. The highest BCUT2D eigenvalue weighted by Gasteiger charge is 2.37. The predicted molar refractivity (Wildman–Crippen MR) is 79.1 cm³/mol. The summed E-state index contributed by atoms with van der Waals surface area (Å²) in [6.45, 7) is 0.577. The van der Waals surface area contributed by atoms with Crippen molar-refractivity contribution in [2.45, 2.75) is 25.7 Å². The summed E-state index contributed by atoms with van der Waals surface area (Å²) < 4.78 is 5.06. The van der Waals surface area contributed by atoms with E-state index in [1.54, 1.807) is 7.11 Å². The summed E-state index contributed by atoms with van der Waals surface area (Å²) in [5.74, 6) is -2.06. The SMILES string of the molecule is COCCc1ccccc1NC(=O)[C@@H]1CCC[C@@H]1C(=O)O. The number of aliphatic carboxylic acids is 1. The minimum atomic E-state index is -0.875. The van der Waals surface area contributed by atoms with Crippen LogP contribution in [0.5, 0.6) is 0 Å². The minimum Gasteiger partial charge on any atom is -0.481 e. The van der Waals surface area contributed by atoms with Crippen molar-refractivity contribution in [1.29, 1.82) is 0 Å². The normalized spacial score (nSPS) is 21.2. The molecular weight excluding hydrogens is 270 g/mol. The van der Waals surface area contributed by atoms with Gasteiger partial charge in [0.15, 0.2) is 0 Å². The summed E-state index contributed by atoms with van der Waals surface area (Å²) in [4.78, 5) is 23.5. The van der Waals surface area contributed by atoms with Gasteiger partial charge >= 0.3 is 5.97 Å². The van der Waals surface area contributed by atoms with Crippen LogP contribution in [-0.2, 0) is 20.7 Å². The number of hydrogen-bond acceptors (Lipinski definition) is 3. The van der Waals surface area contributed by atoms with Crippen molar-refractivity contribution in [3.05, 3.63) is 29.8 Å². The topological polar surface area (TPSA) is 75.6 Å². The lowest BCUT2D eigenvalue weighted by molar-refractivity contribution is -0.145. The molecule has 0 spiro atoms. The number of rotatable bonds is 6. The highest BCUT2D eigenvalue weighted by atomic mass is 16.5. The molecule has 0 unspecified atom stereocenters. The van der Waals surface area contributed by atoms with Crippen LogP contribution in [0.2, 0.25) is 0 Å². The van der Waals surface area contributed by atoms with Crippen molar-refractivity contribution in [3.63, 3.8) is 0 Å². The molecule has 2 atom stereocenters. The molecule has 1 aliphatic rings. The highest BCUT2D eigenvalue weighted by Crippen LogP contribution is 2.33. The lowest BCUT2D eigenvalue weighted by atomic mass is 9.95. The maximum Gasteiger partial charge on any atom is 0.307 e. The second kappa shape index (κ2) is 7.22. The van der Waals surface area contributed by atoms with Crippen LogP contribution in [0.4, 0.5) is 5.69 Å². The number of amides is 1. The zero-order valence-electron chi connectivity index (χ0n) is 12.2. The summed E-state index contributed by atoms with van der Waals surface area (Å²) >= 11 is 0. The summed E-state index contributed by atoms with van der Waals surface area (Å²) in [5.41, 5.74) is 1.74. The molecule has 5 heteroatoms. The van der Waals surface area contributed by atoms with Gasteiger partial charge in [0, 0.05) is 12.8 Å². The van der Waals surface area contributed by atoms with Gasteiger partial charge < -0.3 is 15.2 Å². The summed E-state index contributed by atoms with van der Waals surface area (Å²) in [7, 11) is 1.64. The van der Waals surface area contributed by atoms with Gasteiger partial charge in [0.05, 0.1) is 18.4 Å². The molecule has 0 heterocycles. The lowest BCUT2D eigenvalue weighted by Gasteiger charge is -2.17. The summed E-state index contributed by atoms with van der Waals surface area (Å²) in [5, 5.41) is 12.1. The first-order chi connectivity index (χ1) is 10.1. The number of carboxylic acid groups (broad SMARTS) is 1. The van der Waals surface area contributed by atoms with Gasteiger partial charge in [0.25, 0.3) is 0 Å². The average molecular weight is 291 g/mol. The molecule has 0 bridgehead atoms. The summed E-state index contributed by atoms with van der Waals surface area (Å²) in [6.07, 6.45) is 2.72. The first-order valence-electron chi connectivity index (χ1n) is 7.24. The monoisotopic (exact) mass is 291 g/mol. The molecule has 1 fully saturated rings. The van der Waals surface area contributed by atoms with Crippen molar-refractivity contribution in [2.24, 2.45) is 11.8 Å². The van der Waals surface area contributed by atoms with Gasteiger partial charge in [-0.15, -0.1) is 0 Å². The number of benzene rings is 1. The first kappa shape index (κ1) is 15.5. The van der Waals surface area contributed by atoms with Gasteiger partial charge in [-0.2, -0.15) is 0 Å². The van der Waals surface area contributed by atoms with E-state index >= 15 is 0 Å². The van der Waals surface area contributed by atoms with Crippen LogP contribution >= 0.6 is 0 Å². The van der Waals surface area contributed by atoms with E-state index in [1.807, 2.05) is 24.3 Å². The van der Waals surface area contributed by atoms with Gasteiger partial charge in [-0.25, -0.2) is 0 Å². The molecule has 2 rings (SSSR count). The number of nitrogens with one attached hydrogen (secondary N) is 1. The smallest absolute Gasteiger partial charge is 0.307 e. The number of carbonyl (C=O) groups is 2. The zero-order chi connectivity index (χ0) is 15.2. The molecular formula is C16H21NO4. The van der Waals surface area contributed by atoms with Crippen LogP contribution in [0.3, 0.4) is 0 Å². The average Bonchev–Trinajstić information content (AvgIpc) is 2.96. The fourth-order valence-electron chi connectivity index (χ4n) is 2.87. The standard InChI is InChI=1S/C16H21NO4/c1-21-10-9-11-5-2-3-8-14(11)17-15(18)12-6-4-7-13(12)16(19)20/h2-3,5,8,12-13H,4,6-7,9-10H2,1H3,(H,17,18)(H,19,20)/t12-,13+/m1/s1. The van der Waals surface area contributed by atoms with Crippen LogP contribution in [0.25, 0.3) is 0 Å². The Labute approximate surface area is 124 Å². The molecule has 0 aromatic heterocycles. The molecule has 1 amide bonds. The summed E-state index contributed by atoms with van der Waals surface area (Å²) in [6, 6.07) is 7.55. The Morgan fingerprint density at radius 1 is 1.29 bits per heavy atom. The largest absolute Gasteiger partial charge is 0.481 e. The molecule has 2 N–H and O–H groups in total. The van der Waals surface area contributed by atoms with E-state index < -0.39 is 17.8 Å². The van der Waals surface area contributed by atoms with E-state index in [2.05, 4.69) is 5.32 Å². The number of ether oxygens (including phenoxy) is 1. The molecule has 0 aliphatic heterocycles. The van der Waals surface area contributed by atoms with Gasteiger partial charge in [0.1, 0.15) is 0 Å². The Balaban J connectivity index is 2.07. The van der Waals surface area contributed by atoms with Crippen molar-refractivity contribution in [2.75, 3.05) is 19.0 Å².